The fraction of sp³-hybridized carbons (Fsp3) is 0.286. The van der Waals surface area contributed by atoms with Crippen molar-refractivity contribution < 1.29 is 14.5 Å². The molecule has 1 aromatic rings. The number of nitro groups is 1. The highest BCUT2D eigenvalue weighted by molar-refractivity contribution is 7.18. The van der Waals surface area contributed by atoms with Crippen molar-refractivity contribution in [1.82, 2.24) is 10.3 Å². The summed E-state index contributed by atoms with van der Waals surface area (Å²) in [7, 11) is 1.43. The van der Waals surface area contributed by atoms with Gasteiger partial charge in [-0.05, 0) is 11.3 Å². The summed E-state index contributed by atoms with van der Waals surface area (Å²) in [5, 5.41) is 12.7. The molecule has 0 aliphatic carbocycles. The van der Waals surface area contributed by atoms with Gasteiger partial charge in [-0.3, -0.25) is 24.6 Å². The minimum Gasteiger partial charge on any atom is -0.358 e. The van der Waals surface area contributed by atoms with Gasteiger partial charge in [0.1, 0.15) is 12.7 Å². The molecule has 1 aromatic heterocycles. The molecule has 0 saturated carbocycles. The molecule has 0 atom stereocenters. The first-order valence-corrected chi connectivity index (χ1v) is 4.93. The van der Waals surface area contributed by atoms with Gasteiger partial charge < -0.3 is 5.32 Å². The van der Waals surface area contributed by atoms with Crippen molar-refractivity contribution in [2.45, 2.75) is 0 Å². The average Bonchev–Trinajstić information content (AvgIpc) is 2.74. The van der Waals surface area contributed by atoms with Crippen LogP contribution in [0.1, 0.15) is 0 Å². The molecular formula is C7H8N4O4S. The third kappa shape index (κ3) is 2.73. The van der Waals surface area contributed by atoms with Gasteiger partial charge in [0.05, 0.1) is 4.92 Å². The summed E-state index contributed by atoms with van der Waals surface area (Å²) in [6.45, 7) is -0.218. The standard InChI is InChI=1S/C7H8N4O4S/c1-8-5(13)3-10(4-12)7-9-2-6(16-7)11(14)15/h2,4H,3H2,1H3,(H,8,13). The Morgan fingerprint density at radius 2 is 2.50 bits per heavy atom. The monoisotopic (exact) mass is 244 g/mol. The molecule has 0 fully saturated rings. The van der Waals surface area contributed by atoms with Crippen LogP contribution in [-0.4, -0.2) is 35.8 Å². The van der Waals surface area contributed by atoms with E-state index in [1.54, 1.807) is 0 Å². The van der Waals surface area contributed by atoms with E-state index in [2.05, 4.69) is 10.3 Å². The van der Waals surface area contributed by atoms with Crippen LogP contribution in [0.5, 0.6) is 0 Å². The fourth-order valence-corrected chi connectivity index (χ4v) is 1.55. The van der Waals surface area contributed by atoms with E-state index < -0.39 is 4.92 Å². The zero-order valence-corrected chi connectivity index (χ0v) is 9.06. The Labute approximate surface area is 94.0 Å². The summed E-state index contributed by atoms with van der Waals surface area (Å²) in [6, 6.07) is 0. The normalized spacial score (nSPS) is 9.56. The lowest BCUT2D eigenvalue weighted by atomic mass is 10.5. The molecule has 86 valence electrons. The minimum absolute atomic E-state index is 0.116. The van der Waals surface area contributed by atoms with Crippen molar-refractivity contribution in [2.75, 3.05) is 18.5 Å². The number of likely N-dealkylation sites (N-methyl/N-ethyl adjacent to an activating group) is 1. The van der Waals surface area contributed by atoms with Crippen molar-refractivity contribution in [2.24, 2.45) is 0 Å². The first kappa shape index (κ1) is 12.0. The molecule has 0 spiro atoms. The lowest BCUT2D eigenvalue weighted by molar-refractivity contribution is -0.380. The second kappa shape index (κ2) is 5.16. The maximum atomic E-state index is 11.0. The van der Waals surface area contributed by atoms with Gasteiger partial charge in [0.2, 0.25) is 12.3 Å². The molecule has 2 amide bonds. The van der Waals surface area contributed by atoms with Gasteiger partial charge in [0.25, 0.3) is 0 Å². The predicted octanol–water partition coefficient (Wildman–Crippen LogP) is -0.240. The first-order chi connectivity index (χ1) is 7.58. The van der Waals surface area contributed by atoms with Crippen LogP contribution in [0.2, 0.25) is 0 Å². The smallest absolute Gasteiger partial charge is 0.345 e. The van der Waals surface area contributed by atoms with E-state index in [-0.39, 0.29) is 22.6 Å². The maximum absolute atomic E-state index is 11.0. The first-order valence-electron chi connectivity index (χ1n) is 4.11. The zero-order chi connectivity index (χ0) is 12.1. The molecular weight excluding hydrogens is 236 g/mol. The van der Waals surface area contributed by atoms with Crippen molar-refractivity contribution in [3.8, 4) is 0 Å². The van der Waals surface area contributed by atoms with E-state index in [4.69, 9.17) is 0 Å². The summed E-state index contributed by atoms with van der Waals surface area (Å²) in [6.07, 6.45) is 1.44. The van der Waals surface area contributed by atoms with Crippen LogP contribution in [-0.2, 0) is 9.59 Å². The molecule has 0 unspecified atom stereocenters. The summed E-state index contributed by atoms with van der Waals surface area (Å²) in [5.74, 6) is -0.384. The van der Waals surface area contributed by atoms with E-state index in [9.17, 15) is 19.7 Å². The number of carbonyl (C=O) groups excluding carboxylic acids is 2. The average molecular weight is 244 g/mol. The lowest BCUT2D eigenvalue weighted by Gasteiger charge is -2.11. The molecule has 0 saturated heterocycles. The Morgan fingerprint density at radius 3 is 2.94 bits per heavy atom. The highest BCUT2D eigenvalue weighted by Crippen LogP contribution is 2.27. The number of hydrogen-bond donors (Lipinski definition) is 1. The zero-order valence-electron chi connectivity index (χ0n) is 8.24. The molecule has 0 aromatic carbocycles. The van der Waals surface area contributed by atoms with Crippen LogP contribution in [0.3, 0.4) is 0 Å². The number of amides is 2. The second-order valence-corrected chi connectivity index (χ2v) is 3.63. The topological polar surface area (TPSA) is 105 Å². The number of nitrogens with one attached hydrogen (secondary N) is 1. The maximum Gasteiger partial charge on any atom is 0.345 e. The van der Waals surface area contributed by atoms with Gasteiger partial charge in [-0.1, -0.05) is 0 Å². The van der Waals surface area contributed by atoms with Crippen LogP contribution < -0.4 is 10.2 Å². The predicted molar refractivity (Wildman–Crippen MR) is 56.2 cm³/mol. The molecule has 16 heavy (non-hydrogen) atoms. The third-order valence-corrected chi connectivity index (χ3v) is 2.61. The van der Waals surface area contributed by atoms with Gasteiger partial charge in [0.15, 0.2) is 5.13 Å². The van der Waals surface area contributed by atoms with Crippen molar-refractivity contribution in [3.05, 3.63) is 16.3 Å². The Kier molecular flexibility index (Phi) is 3.89. The molecule has 1 rings (SSSR count). The summed E-state index contributed by atoms with van der Waals surface area (Å²) < 4.78 is 0. The lowest BCUT2D eigenvalue weighted by Crippen LogP contribution is -2.34. The number of carbonyl (C=O) groups is 2. The molecule has 1 N–H and O–H groups in total. The molecule has 1 heterocycles. The van der Waals surface area contributed by atoms with Crippen LogP contribution in [0.15, 0.2) is 6.20 Å². The van der Waals surface area contributed by atoms with E-state index in [1.165, 1.54) is 7.05 Å². The third-order valence-electron chi connectivity index (χ3n) is 1.63. The molecule has 0 aliphatic rings. The minimum atomic E-state index is -0.607. The van der Waals surface area contributed by atoms with Gasteiger partial charge in [-0.15, -0.1) is 0 Å². The highest BCUT2D eigenvalue weighted by atomic mass is 32.1. The molecule has 0 aliphatic heterocycles. The van der Waals surface area contributed by atoms with E-state index in [0.29, 0.717) is 6.41 Å². The quantitative estimate of drug-likeness (QED) is 0.437. The van der Waals surface area contributed by atoms with Gasteiger partial charge >= 0.3 is 5.00 Å². The largest absolute Gasteiger partial charge is 0.358 e. The summed E-state index contributed by atoms with van der Waals surface area (Å²) in [4.78, 5) is 36.2. The number of anilines is 1. The van der Waals surface area contributed by atoms with E-state index >= 15 is 0 Å². The fourth-order valence-electron chi connectivity index (χ4n) is 0.858. The van der Waals surface area contributed by atoms with Gasteiger partial charge in [-0.25, -0.2) is 4.98 Å². The number of aromatic nitrogens is 1. The molecule has 0 bridgehead atoms. The number of nitrogens with zero attached hydrogens (tertiary/aromatic N) is 3. The van der Waals surface area contributed by atoms with Crippen LogP contribution in [0.25, 0.3) is 0 Å². The van der Waals surface area contributed by atoms with Gasteiger partial charge in [0, 0.05) is 7.05 Å². The van der Waals surface area contributed by atoms with E-state index in [0.717, 1.165) is 22.4 Å². The van der Waals surface area contributed by atoms with Crippen molar-refractivity contribution in [3.63, 3.8) is 0 Å². The van der Waals surface area contributed by atoms with E-state index in [1.807, 2.05) is 0 Å². The SMILES string of the molecule is CNC(=O)CN(C=O)c1ncc([N+](=O)[O-])s1. The molecule has 9 heteroatoms. The van der Waals surface area contributed by atoms with Crippen LogP contribution in [0, 0.1) is 10.1 Å². The van der Waals surface area contributed by atoms with Crippen molar-refractivity contribution in [1.29, 1.82) is 0 Å². The molecule has 8 nitrogen and oxygen atoms in total. The van der Waals surface area contributed by atoms with Crippen molar-refractivity contribution >= 4 is 33.8 Å². The Bertz CT molecular complexity index is 418. The van der Waals surface area contributed by atoms with Crippen LogP contribution >= 0.6 is 11.3 Å². The van der Waals surface area contributed by atoms with Gasteiger partial charge in [-0.2, -0.15) is 0 Å². The van der Waals surface area contributed by atoms with Crippen LogP contribution in [0.4, 0.5) is 10.1 Å². The number of hydrogen-bond acceptors (Lipinski definition) is 6. The highest BCUT2D eigenvalue weighted by Gasteiger charge is 2.18. The number of rotatable bonds is 5. The number of thiazole rings is 1. The molecule has 0 radical (unpaired) electrons. The Balaban J connectivity index is 2.82. The second-order valence-electron chi connectivity index (χ2n) is 2.64. The Morgan fingerprint density at radius 1 is 1.81 bits per heavy atom. The summed E-state index contributed by atoms with van der Waals surface area (Å²) >= 11 is 0.731. The summed E-state index contributed by atoms with van der Waals surface area (Å²) in [5.41, 5.74) is 0. The Hall–Kier alpha value is -2.03.